The highest BCUT2D eigenvalue weighted by molar-refractivity contribution is 5.85. The number of rotatable bonds is 7. The molecular weight excluding hydrogens is 332 g/mol. The molecule has 0 unspecified atom stereocenters. The number of aliphatic carboxylic acids is 1. The van der Waals surface area contributed by atoms with Gasteiger partial charge in [0, 0.05) is 0 Å². The van der Waals surface area contributed by atoms with Crippen LogP contribution in [-0.2, 0) is 9.59 Å². The molecule has 6 nitrogen and oxygen atoms in total. The molecule has 1 fully saturated rings. The average molecular weight is 357 g/mol. The maximum Gasteiger partial charge on any atom is 0.306 e. The standard InChI is InChI=1S/C17H24N2O4.ClH/c1-13-3-2-4-15(11-13)23-10-7-18-16(20)12-19-8-5-14(6-9-19)17(21)22;/h2-4,11,14H,5-10,12H2,1H3,(H,18,20)(H,21,22);1H. The Balaban J connectivity index is 0.00000288. The van der Waals surface area contributed by atoms with Crippen molar-refractivity contribution < 1.29 is 19.4 Å². The maximum atomic E-state index is 11.9. The molecule has 1 aliphatic heterocycles. The van der Waals surface area contributed by atoms with Gasteiger partial charge in [-0.15, -0.1) is 12.4 Å². The summed E-state index contributed by atoms with van der Waals surface area (Å²) in [6, 6.07) is 7.78. The van der Waals surface area contributed by atoms with Crippen LogP contribution < -0.4 is 10.1 Å². The first kappa shape index (κ1) is 20.3. The molecule has 0 aliphatic carbocycles. The minimum Gasteiger partial charge on any atom is -0.492 e. The largest absolute Gasteiger partial charge is 0.492 e. The number of carbonyl (C=O) groups is 2. The topological polar surface area (TPSA) is 78.9 Å². The van der Waals surface area contributed by atoms with E-state index >= 15 is 0 Å². The first-order valence-electron chi connectivity index (χ1n) is 7.96. The maximum absolute atomic E-state index is 11.9. The van der Waals surface area contributed by atoms with Crippen LogP contribution in [0.2, 0.25) is 0 Å². The average Bonchev–Trinajstić information content (AvgIpc) is 2.52. The molecule has 2 N–H and O–H groups in total. The molecule has 0 aromatic heterocycles. The lowest BCUT2D eigenvalue weighted by Gasteiger charge is -2.29. The van der Waals surface area contributed by atoms with Gasteiger partial charge in [-0.2, -0.15) is 0 Å². The van der Waals surface area contributed by atoms with Crippen LogP contribution in [0.1, 0.15) is 18.4 Å². The highest BCUT2D eigenvalue weighted by atomic mass is 35.5. The van der Waals surface area contributed by atoms with Crippen LogP contribution in [0.3, 0.4) is 0 Å². The summed E-state index contributed by atoms with van der Waals surface area (Å²) in [5, 5.41) is 11.8. The zero-order chi connectivity index (χ0) is 16.7. The second kappa shape index (κ2) is 10.2. The lowest BCUT2D eigenvalue weighted by Crippen LogP contribution is -2.43. The van der Waals surface area contributed by atoms with Gasteiger partial charge in [-0.3, -0.25) is 14.5 Å². The second-order valence-electron chi connectivity index (χ2n) is 5.90. The van der Waals surface area contributed by atoms with E-state index in [9.17, 15) is 9.59 Å². The number of nitrogens with zero attached hydrogens (tertiary/aromatic N) is 1. The fourth-order valence-electron chi connectivity index (χ4n) is 2.66. The van der Waals surface area contributed by atoms with Gasteiger partial charge in [0.15, 0.2) is 0 Å². The Labute approximate surface area is 148 Å². The first-order chi connectivity index (χ1) is 11.0. The molecular formula is C17H25ClN2O4. The van der Waals surface area contributed by atoms with Crippen molar-refractivity contribution >= 4 is 24.3 Å². The number of benzene rings is 1. The minimum atomic E-state index is -0.734. The molecule has 1 aromatic carbocycles. The number of piperidine rings is 1. The smallest absolute Gasteiger partial charge is 0.306 e. The fourth-order valence-corrected chi connectivity index (χ4v) is 2.66. The molecule has 2 rings (SSSR count). The summed E-state index contributed by atoms with van der Waals surface area (Å²) in [5.74, 6) is -0.249. The Bertz CT molecular complexity index is 545. The number of aryl methyl sites for hydroxylation is 1. The summed E-state index contributed by atoms with van der Waals surface area (Å²) < 4.78 is 5.57. The number of amides is 1. The van der Waals surface area contributed by atoms with Gasteiger partial charge in [0.05, 0.1) is 19.0 Å². The van der Waals surface area contributed by atoms with E-state index in [1.807, 2.05) is 36.1 Å². The molecule has 1 aliphatic rings. The van der Waals surface area contributed by atoms with Crippen LogP contribution in [0.4, 0.5) is 0 Å². The van der Waals surface area contributed by atoms with Crippen molar-refractivity contribution in [3.8, 4) is 5.75 Å². The van der Waals surface area contributed by atoms with Gasteiger partial charge in [-0.25, -0.2) is 0 Å². The number of hydrogen-bond donors (Lipinski definition) is 2. The monoisotopic (exact) mass is 356 g/mol. The third-order valence-electron chi connectivity index (χ3n) is 3.99. The molecule has 1 amide bonds. The second-order valence-corrected chi connectivity index (χ2v) is 5.90. The van der Waals surface area contributed by atoms with E-state index in [4.69, 9.17) is 9.84 Å². The van der Waals surface area contributed by atoms with Crippen molar-refractivity contribution in [1.82, 2.24) is 10.2 Å². The molecule has 1 saturated heterocycles. The number of likely N-dealkylation sites (tertiary alicyclic amines) is 1. The first-order valence-corrected chi connectivity index (χ1v) is 7.96. The number of hydrogen-bond acceptors (Lipinski definition) is 4. The molecule has 1 heterocycles. The van der Waals surface area contributed by atoms with Crippen molar-refractivity contribution in [2.45, 2.75) is 19.8 Å². The normalized spacial score (nSPS) is 15.4. The van der Waals surface area contributed by atoms with Crippen molar-refractivity contribution in [1.29, 1.82) is 0 Å². The molecule has 7 heteroatoms. The Kier molecular flexibility index (Phi) is 8.57. The summed E-state index contributed by atoms with van der Waals surface area (Å²) >= 11 is 0. The van der Waals surface area contributed by atoms with E-state index in [0.717, 1.165) is 11.3 Å². The third kappa shape index (κ3) is 6.76. The highest BCUT2D eigenvalue weighted by Gasteiger charge is 2.25. The van der Waals surface area contributed by atoms with Gasteiger partial charge in [0.2, 0.25) is 5.91 Å². The molecule has 0 radical (unpaired) electrons. The van der Waals surface area contributed by atoms with Crippen LogP contribution in [0.15, 0.2) is 24.3 Å². The molecule has 24 heavy (non-hydrogen) atoms. The van der Waals surface area contributed by atoms with Gasteiger partial charge in [-0.05, 0) is 50.6 Å². The Morgan fingerprint density at radius 2 is 2.04 bits per heavy atom. The fraction of sp³-hybridized carbons (Fsp3) is 0.529. The van der Waals surface area contributed by atoms with E-state index in [1.165, 1.54) is 0 Å². The number of carboxylic acid groups (broad SMARTS) is 1. The molecule has 1 aromatic rings. The van der Waals surface area contributed by atoms with E-state index in [-0.39, 0.29) is 24.2 Å². The van der Waals surface area contributed by atoms with E-state index in [1.54, 1.807) is 0 Å². The summed E-state index contributed by atoms with van der Waals surface area (Å²) in [6.07, 6.45) is 1.22. The van der Waals surface area contributed by atoms with E-state index in [0.29, 0.717) is 45.6 Å². The third-order valence-corrected chi connectivity index (χ3v) is 3.99. The number of ether oxygens (including phenoxy) is 1. The summed E-state index contributed by atoms with van der Waals surface area (Å²) in [6.45, 7) is 4.52. The van der Waals surface area contributed by atoms with Crippen molar-refractivity contribution in [2.24, 2.45) is 5.92 Å². The predicted octanol–water partition coefficient (Wildman–Crippen LogP) is 1.71. The summed E-state index contributed by atoms with van der Waals surface area (Å²) in [7, 11) is 0. The zero-order valence-corrected chi connectivity index (χ0v) is 14.7. The van der Waals surface area contributed by atoms with Crippen LogP contribution in [0.25, 0.3) is 0 Å². The van der Waals surface area contributed by atoms with Crippen LogP contribution in [0, 0.1) is 12.8 Å². The van der Waals surface area contributed by atoms with E-state index < -0.39 is 5.97 Å². The van der Waals surface area contributed by atoms with Gasteiger partial charge < -0.3 is 15.2 Å². The Hall–Kier alpha value is -1.79. The highest BCUT2D eigenvalue weighted by Crippen LogP contribution is 2.16. The molecule has 0 saturated carbocycles. The van der Waals surface area contributed by atoms with Crippen molar-refractivity contribution in [2.75, 3.05) is 32.8 Å². The summed E-state index contributed by atoms with van der Waals surface area (Å²) in [4.78, 5) is 24.7. The molecule has 0 spiro atoms. The predicted molar refractivity (Wildman–Crippen MR) is 93.7 cm³/mol. The number of halogens is 1. The molecule has 0 bridgehead atoms. The zero-order valence-electron chi connectivity index (χ0n) is 13.9. The van der Waals surface area contributed by atoms with E-state index in [2.05, 4.69) is 5.32 Å². The van der Waals surface area contributed by atoms with Gasteiger partial charge in [0.1, 0.15) is 12.4 Å². The van der Waals surface area contributed by atoms with Crippen molar-refractivity contribution in [3.05, 3.63) is 29.8 Å². The SMILES string of the molecule is Cc1cccc(OCCNC(=O)CN2CCC(C(=O)O)CC2)c1.Cl. The Morgan fingerprint density at radius 1 is 1.33 bits per heavy atom. The quantitative estimate of drug-likeness (QED) is 0.727. The van der Waals surface area contributed by atoms with Gasteiger partial charge in [0.25, 0.3) is 0 Å². The number of nitrogens with one attached hydrogen (secondary N) is 1. The van der Waals surface area contributed by atoms with Gasteiger partial charge in [-0.1, -0.05) is 12.1 Å². The lowest BCUT2D eigenvalue weighted by molar-refractivity contribution is -0.143. The van der Waals surface area contributed by atoms with Crippen LogP contribution in [-0.4, -0.2) is 54.7 Å². The van der Waals surface area contributed by atoms with Crippen LogP contribution in [0.5, 0.6) is 5.75 Å². The van der Waals surface area contributed by atoms with Crippen LogP contribution >= 0.6 is 12.4 Å². The molecule has 134 valence electrons. The minimum absolute atomic E-state index is 0. The number of carboxylic acids is 1. The van der Waals surface area contributed by atoms with Crippen molar-refractivity contribution in [3.63, 3.8) is 0 Å². The summed E-state index contributed by atoms with van der Waals surface area (Å²) in [5.41, 5.74) is 1.14. The molecule has 0 atom stereocenters. The Morgan fingerprint density at radius 3 is 2.67 bits per heavy atom. The number of carbonyl (C=O) groups excluding carboxylic acids is 1. The lowest BCUT2D eigenvalue weighted by atomic mass is 9.97. The van der Waals surface area contributed by atoms with Gasteiger partial charge >= 0.3 is 5.97 Å².